The molecule has 0 aliphatic rings. The van der Waals surface area contributed by atoms with Crippen LogP contribution in [-0.4, -0.2) is 17.2 Å². The summed E-state index contributed by atoms with van der Waals surface area (Å²) in [5.41, 5.74) is -0.400. The van der Waals surface area contributed by atoms with Crippen LogP contribution in [0.1, 0.15) is 6.92 Å². The maximum Gasteiger partial charge on any atom is 0.172 e. The number of rotatable bonds is 2. The molecule has 0 spiro atoms. The van der Waals surface area contributed by atoms with E-state index in [0.29, 0.717) is 0 Å². The second kappa shape index (κ2) is 4.79. The Morgan fingerprint density at radius 2 is 2.11 bits per heavy atom. The molecular formula is C5H10O2PY-. The molecule has 1 radical (unpaired) electrons. The maximum absolute atomic E-state index is 10.6. The van der Waals surface area contributed by atoms with Gasteiger partial charge in [0.25, 0.3) is 0 Å². The standard InChI is InChI=1S/C5H10O2P.Y/c1-4-5(2)8(3,6)7;/h5H,1H2,2-3H3,(H,6,7);/q-1;. The van der Waals surface area contributed by atoms with Gasteiger partial charge in [-0.3, -0.25) is 11.1 Å². The van der Waals surface area contributed by atoms with Gasteiger partial charge >= 0.3 is 0 Å². The van der Waals surface area contributed by atoms with Gasteiger partial charge in [0.1, 0.15) is 0 Å². The molecule has 0 aromatic heterocycles. The Hall–Kier alpha value is 1.03. The molecule has 0 rings (SSSR count). The molecule has 0 aromatic rings. The Bertz CT molecular complexity index is 129. The quantitative estimate of drug-likeness (QED) is 0.564. The molecule has 0 bridgehead atoms. The van der Waals surface area contributed by atoms with Crippen LogP contribution < -0.4 is 0 Å². The average Bonchev–Trinajstić information content (AvgIpc) is 1.62. The van der Waals surface area contributed by atoms with Crippen molar-refractivity contribution in [2.75, 3.05) is 6.66 Å². The zero-order chi connectivity index (χ0) is 6.78. The molecule has 0 aromatic carbocycles. The molecule has 4 heteroatoms. The number of hydrogen-bond acceptors (Lipinski definition) is 1. The second-order valence-corrected chi connectivity index (χ2v) is 4.48. The van der Waals surface area contributed by atoms with E-state index in [1.807, 2.05) is 0 Å². The van der Waals surface area contributed by atoms with Crippen LogP contribution in [0.5, 0.6) is 0 Å². The van der Waals surface area contributed by atoms with Gasteiger partial charge in [0.15, 0.2) is 7.37 Å². The zero-order valence-electron chi connectivity index (χ0n) is 5.66. The van der Waals surface area contributed by atoms with Crippen molar-refractivity contribution >= 4 is 7.37 Å². The van der Waals surface area contributed by atoms with Crippen LogP contribution in [0.3, 0.4) is 0 Å². The third-order valence-corrected chi connectivity index (χ3v) is 2.63. The summed E-state index contributed by atoms with van der Waals surface area (Å²) < 4.78 is 10.6. The van der Waals surface area contributed by atoms with Gasteiger partial charge in [-0.05, 0) is 0 Å². The summed E-state index contributed by atoms with van der Waals surface area (Å²) in [5.74, 6) is 0. The molecule has 0 heterocycles. The van der Waals surface area contributed by atoms with Gasteiger partial charge in [-0.15, -0.1) is 0 Å². The summed E-state index contributed by atoms with van der Waals surface area (Å²) >= 11 is 0. The van der Waals surface area contributed by atoms with E-state index in [9.17, 15) is 4.57 Å². The summed E-state index contributed by atoms with van der Waals surface area (Å²) in [5, 5.41) is 0. The van der Waals surface area contributed by atoms with Gasteiger partial charge in [0.05, 0.1) is 0 Å². The molecule has 2 nitrogen and oxygen atoms in total. The van der Waals surface area contributed by atoms with Gasteiger partial charge in [-0.1, -0.05) is 12.6 Å². The summed E-state index contributed by atoms with van der Waals surface area (Å²) in [7, 11) is -2.93. The molecule has 2 unspecified atom stereocenters. The fraction of sp³-hybridized carbons (Fsp3) is 0.600. The Morgan fingerprint density at radius 3 is 2.11 bits per heavy atom. The van der Waals surface area contributed by atoms with Gasteiger partial charge in [0.2, 0.25) is 0 Å². The summed E-state index contributed by atoms with van der Waals surface area (Å²) in [6.45, 7) is 6.19. The summed E-state index contributed by atoms with van der Waals surface area (Å²) in [4.78, 5) is 8.74. The molecule has 1 N–H and O–H groups in total. The molecule has 0 aliphatic heterocycles. The van der Waals surface area contributed by atoms with E-state index < -0.39 is 13.0 Å². The van der Waals surface area contributed by atoms with Crippen LogP contribution in [0.25, 0.3) is 0 Å². The molecule has 2 atom stereocenters. The van der Waals surface area contributed by atoms with Crippen LogP contribution in [0.2, 0.25) is 0 Å². The van der Waals surface area contributed by atoms with Crippen LogP contribution in [-0.2, 0) is 37.3 Å². The van der Waals surface area contributed by atoms with E-state index in [2.05, 4.69) is 12.7 Å². The average molecular weight is 222 g/mol. The van der Waals surface area contributed by atoms with E-state index >= 15 is 0 Å². The van der Waals surface area contributed by atoms with Crippen molar-refractivity contribution < 1.29 is 42.2 Å². The Kier molecular flexibility index (Phi) is 6.75. The van der Waals surface area contributed by atoms with Crippen LogP contribution >= 0.6 is 7.37 Å². The molecule has 0 amide bonds. The molecule has 9 heavy (non-hydrogen) atoms. The number of hydrogen-bond donors (Lipinski definition) is 1. The largest absolute Gasteiger partial charge is 0.492 e. The topological polar surface area (TPSA) is 37.3 Å². The van der Waals surface area contributed by atoms with Crippen molar-refractivity contribution in [2.45, 2.75) is 12.6 Å². The van der Waals surface area contributed by atoms with Crippen LogP contribution in [0, 0.1) is 6.08 Å². The van der Waals surface area contributed by atoms with Crippen molar-refractivity contribution in [1.29, 1.82) is 0 Å². The molecule has 0 fully saturated rings. The first kappa shape index (κ1) is 12.7. The summed E-state index contributed by atoms with van der Waals surface area (Å²) in [6, 6.07) is 0. The van der Waals surface area contributed by atoms with Crippen LogP contribution in [0.4, 0.5) is 0 Å². The van der Waals surface area contributed by atoms with Crippen molar-refractivity contribution in [1.82, 2.24) is 0 Å². The first-order valence-electron chi connectivity index (χ1n) is 2.31. The van der Waals surface area contributed by atoms with Gasteiger partial charge in [0, 0.05) is 39.4 Å². The van der Waals surface area contributed by atoms with E-state index in [1.165, 1.54) is 6.66 Å². The minimum atomic E-state index is -2.93. The number of allylic oxidation sites excluding steroid dienone is 1. The smallest absolute Gasteiger partial charge is 0.172 e. The minimum Gasteiger partial charge on any atom is -0.492 e. The maximum atomic E-state index is 10.6. The van der Waals surface area contributed by atoms with Crippen molar-refractivity contribution in [3.05, 3.63) is 12.7 Å². The Balaban J connectivity index is 0. The molecule has 51 valence electrons. The second-order valence-electron chi connectivity index (χ2n) is 1.82. The third kappa shape index (κ3) is 5.48. The molecule has 0 saturated heterocycles. The molecule has 0 aliphatic carbocycles. The van der Waals surface area contributed by atoms with E-state index in [1.54, 1.807) is 6.92 Å². The molecular weight excluding hydrogens is 212 g/mol. The van der Waals surface area contributed by atoms with Gasteiger partial charge in [-0.25, -0.2) is 0 Å². The third-order valence-electron chi connectivity index (χ3n) is 1.01. The zero-order valence-corrected chi connectivity index (χ0v) is 9.40. The SMILES string of the molecule is C=[C-]C(C)P(C)(=O)O.[Y]. The first-order chi connectivity index (χ1) is 3.48. The predicted molar refractivity (Wildman–Crippen MR) is 34.1 cm³/mol. The van der Waals surface area contributed by atoms with Crippen molar-refractivity contribution in [2.24, 2.45) is 0 Å². The van der Waals surface area contributed by atoms with E-state index in [0.717, 1.165) is 0 Å². The molecule has 0 saturated carbocycles. The fourth-order valence-corrected chi connectivity index (χ4v) is 0.508. The van der Waals surface area contributed by atoms with E-state index in [-0.39, 0.29) is 32.7 Å². The predicted octanol–water partition coefficient (Wildman–Crippen LogP) is 1.26. The van der Waals surface area contributed by atoms with Crippen molar-refractivity contribution in [3.63, 3.8) is 0 Å². The van der Waals surface area contributed by atoms with E-state index in [4.69, 9.17) is 4.89 Å². The minimum absolute atomic E-state index is 0. The monoisotopic (exact) mass is 222 g/mol. The summed E-state index contributed by atoms with van der Waals surface area (Å²) in [6.07, 6.45) is 2.44. The first-order valence-corrected chi connectivity index (χ1v) is 4.48. The Labute approximate surface area is 81.1 Å². The van der Waals surface area contributed by atoms with Gasteiger partial charge < -0.3 is 11.0 Å². The van der Waals surface area contributed by atoms with Crippen molar-refractivity contribution in [3.8, 4) is 0 Å². The Morgan fingerprint density at radius 1 is 1.78 bits per heavy atom. The van der Waals surface area contributed by atoms with Gasteiger partial charge in [-0.2, -0.15) is 0 Å². The van der Waals surface area contributed by atoms with Crippen LogP contribution in [0.15, 0.2) is 6.58 Å². The fourth-order valence-electron chi connectivity index (χ4n) is 0.169. The normalized spacial score (nSPS) is 19.0.